The van der Waals surface area contributed by atoms with Crippen LogP contribution in [0.4, 0.5) is 10.1 Å². The topological polar surface area (TPSA) is 42.0 Å². The molecule has 3 rings (SSSR count). The average molecular weight is 306 g/mol. The summed E-state index contributed by atoms with van der Waals surface area (Å²) in [5.41, 5.74) is 2.96. The van der Waals surface area contributed by atoms with Crippen LogP contribution in [-0.2, 0) is 0 Å². The molecule has 0 radical (unpaired) electrons. The van der Waals surface area contributed by atoms with E-state index in [0.717, 1.165) is 11.3 Å². The maximum Gasteiger partial charge on any atom is 0.257 e. The highest BCUT2D eigenvalue weighted by atomic mass is 19.1. The zero-order valence-corrected chi connectivity index (χ0v) is 12.6. The lowest BCUT2D eigenvalue weighted by Crippen LogP contribution is -2.15. The fourth-order valence-electron chi connectivity index (χ4n) is 2.32. The molecule has 0 aliphatic carbocycles. The van der Waals surface area contributed by atoms with E-state index in [1.807, 2.05) is 30.3 Å². The molecule has 0 spiro atoms. The number of para-hydroxylation sites is 1. The van der Waals surface area contributed by atoms with Gasteiger partial charge in [-0.05, 0) is 31.2 Å². The van der Waals surface area contributed by atoms with Crippen LogP contribution >= 0.6 is 0 Å². The second-order valence-electron chi connectivity index (χ2n) is 5.13. The number of aromatic nitrogens is 1. The van der Waals surface area contributed by atoms with E-state index in [-0.39, 0.29) is 11.6 Å². The first-order valence-electron chi connectivity index (χ1n) is 7.24. The normalized spacial score (nSPS) is 10.3. The van der Waals surface area contributed by atoms with Crippen LogP contribution in [0.2, 0.25) is 0 Å². The Balaban J connectivity index is 1.86. The summed E-state index contributed by atoms with van der Waals surface area (Å²) < 4.78 is 13.6. The number of amides is 1. The van der Waals surface area contributed by atoms with E-state index < -0.39 is 5.82 Å². The van der Waals surface area contributed by atoms with Gasteiger partial charge in [0.25, 0.3) is 5.91 Å². The van der Waals surface area contributed by atoms with Crippen molar-refractivity contribution < 1.29 is 9.18 Å². The molecule has 0 aliphatic heterocycles. The Morgan fingerprint density at radius 3 is 2.35 bits per heavy atom. The van der Waals surface area contributed by atoms with Crippen LogP contribution in [0.3, 0.4) is 0 Å². The number of carbonyl (C=O) groups is 1. The molecule has 3 nitrogen and oxygen atoms in total. The van der Waals surface area contributed by atoms with E-state index in [2.05, 4.69) is 10.3 Å². The van der Waals surface area contributed by atoms with Gasteiger partial charge in [-0.25, -0.2) is 4.39 Å². The summed E-state index contributed by atoms with van der Waals surface area (Å²) in [4.78, 5) is 16.8. The minimum absolute atomic E-state index is 0.157. The van der Waals surface area contributed by atoms with Crippen molar-refractivity contribution in [2.24, 2.45) is 0 Å². The van der Waals surface area contributed by atoms with Gasteiger partial charge in [-0.1, -0.05) is 42.5 Å². The molecule has 3 aromatic rings. The molecule has 4 heteroatoms. The molecular weight excluding hydrogens is 291 g/mol. The number of nitrogens with one attached hydrogen (secondary N) is 1. The number of rotatable bonds is 3. The van der Waals surface area contributed by atoms with Crippen molar-refractivity contribution in [3.05, 3.63) is 83.8 Å². The molecule has 1 N–H and O–H groups in total. The summed E-state index contributed by atoms with van der Waals surface area (Å²) in [5, 5.41) is 2.57. The molecular formula is C19H15FN2O. The van der Waals surface area contributed by atoms with E-state index in [4.69, 9.17) is 0 Å². The van der Waals surface area contributed by atoms with Crippen molar-refractivity contribution >= 4 is 11.6 Å². The van der Waals surface area contributed by atoms with Crippen molar-refractivity contribution in [1.82, 2.24) is 4.98 Å². The predicted molar refractivity (Wildman–Crippen MR) is 88.8 cm³/mol. The second kappa shape index (κ2) is 6.40. The Hall–Kier alpha value is -3.01. The number of hydrogen-bond donors (Lipinski definition) is 1. The van der Waals surface area contributed by atoms with E-state index in [9.17, 15) is 9.18 Å². The standard InChI is InChI=1S/C19H15FN2O/c1-13-15(19(23)22-18-10-6-5-9-16(18)20)11-12-17(21-13)14-7-3-2-4-8-14/h2-12H,1H3,(H,22,23). The minimum Gasteiger partial charge on any atom is -0.319 e. The van der Waals surface area contributed by atoms with Crippen molar-refractivity contribution in [2.75, 3.05) is 5.32 Å². The Bertz CT molecular complexity index is 847. The van der Waals surface area contributed by atoms with Gasteiger partial charge < -0.3 is 5.32 Å². The van der Waals surface area contributed by atoms with Crippen LogP contribution in [0.5, 0.6) is 0 Å². The molecule has 0 unspecified atom stereocenters. The number of nitrogens with zero attached hydrogens (tertiary/aromatic N) is 1. The number of anilines is 1. The highest BCUT2D eigenvalue weighted by molar-refractivity contribution is 6.05. The molecule has 0 fully saturated rings. The Morgan fingerprint density at radius 1 is 0.957 bits per heavy atom. The van der Waals surface area contributed by atoms with Gasteiger partial charge in [-0.2, -0.15) is 0 Å². The zero-order chi connectivity index (χ0) is 16.2. The van der Waals surface area contributed by atoms with Gasteiger partial charge in [0.15, 0.2) is 0 Å². The maximum absolute atomic E-state index is 13.6. The average Bonchev–Trinajstić information content (AvgIpc) is 2.57. The summed E-state index contributed by atoms with van der Waals surface area (Å²) in [6, 6.07) is 19.3. The molecule has 0 bridgehead atoms. The van der Waals surface area contributed by atoms with Crippen molar-refractivity contribution in [3.8, 4) is 11.3 Å². The molecule has 0 atom stereocenters. The second-order valence-corrected chi connectivity index (χ2v) is 5.13. The van der Waals surface area contributed by atoms with Gasteiger partial charge in [0.1, 0.15) is 5.82 Å². The lowest BCUT2D eigenvalue weighted by Gasteiger charge is -2.09. The van der Waals surface area contributed by atoms with Crippen LogP contribution in [0.25, 0.3) is 11.3 Å². The largest absolute Gasteiger partial charge is 0.319 e. The molecule has 0 saturated carbocycles. The van der Waals surface area contributed by atoms with Crippen LogP contribution in [0.15, 0.2) is 66.7 Å². The van der Waals surface area contributed by atoms with Gasteiger partial charge in [0, 0.05) is 5.56 Å². The molecule has 1 heterocycles. The predicted octanol–water partition coefficient (Wildman–Crippen LogP) is 4.45. The zero-order valence-electron chi connectivity index (χ0n) is 12.6. The summed E-state index contributed by atoms with van der Waals surface area (Å²) in [7, 11) is 0. The fourth-order valence-corrected chi connectivity index (χ4v) is 2.32. The van der Waals surface area contributed by atoms with Gasteiger partial charge in [0.2, 0.25) is 0 Å². The number of halogens is 1. The van der Waals surface area contributed by atoms with Crippen molar-refractivity contribution in [3.63, 3.8) is 0 Å². The number of carbonyl (C=O) groups excluding carboxylic acids is 1. The van der Waals surface area contributed by atoms with Crippen LogP contribution in [0.1, 0.15) is 16.1 Å². The van der Waals surface area contributed by atoms with E-state index in [0.29, 0.717) is 11.3 Å². The molecule has 23 heavy (non-hydrogen) atoms. The first-order chi connectivity index (χ1) is 11.1. The Morgan fingerprint density at radius 2 is 1.65 bits per heavy atom. The molecule has 0 aliphatic rings. The van der Waals surface area contributed by atoms with Gasteiger partial charge in [0.05, 0.1) is 22.6 Å². The number of aryl methyl sites for hydroxylation is 1. The quantitative estimate of drug-likeness (QED) is 0.777. The lowest BCUT2D eigenvalue weighted by atomic mass is 10.1. The van der Waals surface area contributed by atoms with E-state index in [1.54, 1.807) is 31.2 Å². The Kier molecular flexibility index (Phi) is 4.15. The highest BCUT2D eigenvalue weighted by Gasteiger charge is 2.13. The third-order valence-electron chi connectivity index (χ3n) is 3.52. The Labute approximate surface area is 133 Å². The summed E-state index contributed by atoms with van der Waals surface area (Å²) in [6.07, 6.45) is 0. The van der Waals surface area contributed by atoms with Crippen LogP contribution < -0.4 is 5.32 Å². The third kappa shape index (κ3) is 3.26. The number of benzene rings is 2. The fraction of sp³-hybridized carbons (Fsp3) is 0.0526. The number of pyridine rings is 1. The minimum atomic E-state index is -0.465. The summed E-state index contributed by atoms with van der Waals surface area (Å²) in [6.45, 7) is 1.77. The maximum atomic E-state index is 13.6. The highest BCUT2D eigenvalue weighted by Crippen LogP contribution is 2.20. The van der Waals surface area contributed by atoms with E-state index >= 15 is 0 Å². The van der Waals surface area contributed by atoms with Crippen molar-refractivity contribution in [2.45, 2.75) is 6.92 Å². The SMILES string of the molecule is Cc1nc(-c2ccccc2)ccc1C(=O)Nc1ccccc1F. The van der Waals surface area contributed by atoms with Crippen LogP contribution in [0, 0.1) is 12.7 Å². The van der Waals surface area contributed by atoms with Gasteiger partial charge in [-0.3, -0.25) is 9.78 Å². The molecule has 114 valence electrons. The monoisotopic (exact) mass is 306 g/mol. The molecule has 2 aromatic carbocycles. The first kappa shape index (κ1) is 14.9. The first-order valence-corrected chi connectivity index (χ1v) is 7.24. The molecule has 1 aromatic heterocycles. The van der Waals surface area contributed by atoms with Gasteiger partial charge in [-0.15, -0.1) is 0 Å². The van der Waals surface area contributed by atoms with E-state index in [1.165, 1.54) is 12.1 Å². The van der Waals surface area contributed by atoms with Gasteiger partial charge >= 0.3 is 0 Å². The number of hydrogen-bond acceptors (Lipinski definition) is 2. The third-order valence-corrected chi connectivity index (χ3v) is 3.52. The summed E-state index contributed by atoms with van der Waals surface area (Å²) in [5.74, 6) is -0.841. The smallest absolute Gasteiger partial charge is 0.257 e. The van der Waals surface area contributed by atoms with Crippen LogP contribution in [-0.4, -0.2) is 10.9 Å². The van der Waals surface area contributed by atoms with Crippen molar-refractivity contribution in [1.29, 1.82) is 0 Å². The summed E-state index contributed by atoms with van der Waals surface area (Å²) >= 11 is 0. The molecule has 1 amide bonds. The molecule has 0 saturated heterocycles. The lowest BCUT2D eigenvalue weighted by molar-refractivity contribution is 0.102.